The molecule has 0 spiro atoms. The van der Waals surface area contributed by atoms with Gasteiger partial charge >= 0.3 is 11.7 Å². The highest BCUT2D eigenvalue weighted by atomic mass is 79.9. The highest BCUT2D eigenvalue weighted by molar-refractivity contribution is 9.21. The maximum atomic E-state index is 4.57. The molecule has 133 valence electrons. The Kier molecular flexibility index (Phi) is 7.30. The Hall–Kier alpha value is 2.01. The van der Waals surface area contributed by atoms with Gasteiger partial charge in [-0.1, -0.05) is 0 Å². The maximum absolute atomic E-state index is 4.57. The molecule has 0 amide bonds. The van der Waals surface area contributed by atoms with E-state index in [0.29, 0.717) is 13.8 Å². The molecule has 0 saturated heterocycles. The van der Waals surface area contributed by atoms with Gasteiger partial charge in [-0.15, -0.1) is 0 Å². The summed E-state index contributed by atoms with van der Waals surface area (Å²) in [6.45, 7) is 0. The number of hydrogen-bond donors (Lipinski definition) is 0. The molecule has 0 fully saturated rings. The Labute approximate surface area is 217 Å². The Balaban J connectivity index is 2.26. The lowest BCUT2D eigenvalue weighted by molar-refractivity contribution is 0.509. The van der Waals surface area contributed by atoms with Crippen molar-refractivity contribution in [2.24, 2.45) is 0 Å². The lowest BCUT2D eigenvalue weighted by Crippen LogP contribution is -2.51. The van der Waals surface area contributed by atoms with Crippen LogP contribution in [0.15, 0.2) is 36.4 Å². The van der Waals surface area contributed by atoms with Crippen LogP contribution in [0.3, 0.4) is 0 Å². The Bertz CT molecular complexity index is 880. The maximum Gasteiger partial charge on any atom is 0.377 e. The van der Waals surface area contributed by atoms with Crippen molar-refractivity contribution in [1.29, 1.82) is 0 Å². The molecule has 0 unspecified atom stereocenters. The van der Waals surface area contributed by atoms with Gasteiger partial charge in [0.2, 0.25) is 0 Å². The van der Waals surface area contributed by atoms with Crippen LogP contribution in [0.5, 0.6) is 0 Å². The average molecular weight is 923 g/mol. The molecule has 0 N–H and O–H groups in total. The first kappa shape index (κ1) is 21.7. The highest BCUT2D eigenvalue weighted by Gasteiger charge is 2.39. The van der Waals surface area contributed by atoms with Gasteiger partial charge < -0.3 is 9.19 Å². The van der Waals surface area contributed by atoms with Gasteiger partial charge in [0.1, 0.15) is 18.3 Å². The Morgan fingerprint density at radius 1 is 0.720 bits per heavy atom. The van der Waals surface area contributed by atoms with Crippen LogP contribution >= 0.6 is 143 Å². The zero-order valence-electron chi connectivity index (χ0n) is 11.3. The summed E-state index contributed by atoms with van der Waals surface area (Å²) < 4.78 is 10.3. The predicted octanol–water partition coefficient (Wildman–Crippen LogP) is 6.09. The van der Waals surface area contributed by atoms with Gasteiger partial charge in [0, 0.05) is 15.9 Å². The lowest BCUT2D eigenvalue weighted by atomic mass is 9.94. The molecule has 3 rings (SSSR count). The fourth-order valence-corrected chi connectivity index (χ4v) is 6.38. The van der Waals surface area contributed by atoms with E-state index >= 15 is 0 Å². The molecule has 2 aromatic rings. The number of allylic oxidation sites excluding steroid dienone is 1. The molecule has 0 atom stereocenters. The third kappa shape index (κ3) is 3.90. The summed E-state index contributed by atoms with van der Waals surface area (Å²) in [6, 6.07) is 0. The number of nitrogens with zero attached hydrogens (tertiary/aromatic N) is 6. The topological polar surface area (TPSA) is 53.0 Å². The predicted molar refractivity (Wildman–Crippen MR) is 131 cm³/mol. The van der Waals surface area contributed by atoms with Crippen LogP contribution in [0, 0.1) is 0 Å². The van der Waals surface area contributed by atoms with Crippen LogP contribution in [-0.2, 0) is 0 Å². The minimum atomic E-state index is -1.64. The molecular formula is C9HBBr9N6. The van der Waals surface area contributed by atoms with Crippen LogP contribution in [0.1, 0.15) is 0 Å². The highest BCUT2D eigenvalue weighted by Crippen LogP contribution is 2.36. The second kappa shape index (κ2) is 8.40. The molecule has 1 aliphatic rings. The van der Waals surface area contributed by atoms with Crippen molar-refractivity contribution in [2.45, 2.75) is 0 Å². The fourth-order valence-electron chi connectivity index (χ4n) is 2.12. The van der Waals surface area contributed by atoms with E-state index in [9.17, 15) is 0 Å². The van der Waals surface area contributed by atoms with Crippen molar-refractivity contribution in [2.75, 3.05) is 0 Å². The van der Waals surface area contributed by atoms with Crippen molar-refractivity contribution < 1.29 is 0 Å². The van der Waals surface area contributed by atoms with Gasteiger partial charge in [-0.2, -0.15) is 0 Å². The van der Waals surface area contributed by atoms with E-state index in [0.717, 1.165) is 27.2 Å². The summed E-state index contributed by atoms with van der Waals surface area (Å²) in [5.74, 6) is 0. The summed E-state index contributed by atoms with van der Waals surface area (Å²) >= 11 is 31.6. The van der Waals surface area contributed by atoms with Crippen LogP contribution in [-0.4, -0.2) is 36.0 Å². The second-order valence-electron chi connectivity index (χ2n) is 4.61. The van der Waals surface area contributed by atoms with Crippen molar-refractivity contribution in [1.82, 2.24) is 29.4 Å². The van der Waals surface area contributed by atoms with Gasteiger partial charge in [-0.3, -0.25) is 0 Å². The van der Waals surface area contributed by atoms with Gasteiger partial charge in [-0.05, 0) is 127 Å². The van der Waals surface area contributed by atoms with Crippen molar-refractivity contribution in [3.8, 4) is 0 Å². The molecule has 6 nitrogen and oxygen atoms in total. The monoisotopic (exact) mass is 914 g/mol. The van der Waals surface area contributed by atoms with Gasteiger partial charge in [-0.25, -0.2) is 15.1 Å². The number of aromatic nitrogens is 4. The molecule has 2 aromatic heterocycles. The number of halogens is 9. The molecule has 25 heavy (non-hydrogen) atoms. The van der Waals surface area contributed by atoms with E-state index in [4.69, 9.17) is 0 Å². The van der Waals surface area contributed by atoms with Crippen molar-refractivity contribution in [3.05, 3.63) is 36.4 Å². The molecular weight excluding hydrogens is 922 g/mol. The van der Waals surface area contributed by atoms with E-state index < -0.39 is 7.12 Å². The van der Waals surface area contributed by atoms with E-state index in [1.54, 1.807) is 14.1 Å². The van der Waals surface area contributed by atoms with Crippen LogP contribution in [0.25, 0.3) is 0 Å². The fraction of sp³-hybridized carbons (Fsp3) is 0. The summed E-state index contributed by atoms with van der Waals surface area (Å²) in [5, 5.41) is 13.7. The molecule has 0 aliphatic carbocycles. The molecule has 1 aliphatic heterocycles. The third-order valence-electron chi connectivity index (χ3n) is 3.20. The first-order valence-electron chi connectivity index (χ1n) is 6.09. The van der Waals surface area contributed by atoms with Gasteiger partial charge in [0.25, 0.3) is 0 Å². The SMILES string of the molecule is BrC1=[N+]N([BH-](n2nc(Br)c(Br)c2Br)n2nc(Br)c(Br)c2Br)C(Br)=C1Br. The summed E-state index contributed by atoms with van der Waals surface area (Å²) in [5.41, 5.74) is 0. The third-order valence-corrected chi connectivity index (χ3v) is 12.7. The van der Waals surface area contributed by atoms with E-state index in [2.05, 4.69) is 159 Å². The minimum Gasteiger partial charge on any atom is -0.386 e. The molecule has 0 saturated carbocycles. The van der Waals surface area contributed by atoms with E-state index in [1.807, 2.05) is 0 Å². The largest absolute Gasteiger partial charge is 0.386 e. The average Bonchev–Trinajstić information content (AvgIpc) is 3.08. The summed E-state index contributed by atoms with van der Waals surface area (Å²) in [6.07, 6.45) is 0. The van der Waals surface area contributed by atoms with Crippen molar-refractivity contribution >= 4 is 155 Å². The Morgan fingerprint density at radius 2 is 1.16 bits per heavy atom. The number of hydrogen-bond acceptors (Lipinski definition) is 4. The van der Waals surface area contributed by atoms with Crippen LogP contribution < -0.4 is 5.10 Å². The quantitative estimate of drug-likeness (QED) is 0.277. The molecule has 0 aromatic carbocycles. The minimum absolute atomic E-state index is 0.666. The molecule has 0 bridgehead atoms. The van der Waals surface area contributed by atoms with E-state index in [-0.39, 0.29) is 0 Å². The van der Waals surface area contributed by atoms with Crippen molar-refractivity contribution in [3.63, 3.8) is 0 Å². The van der Waals surface area contributed by atoms with Crippen LogP contribution in [0.2, 0.25) is 0 Å². The molecule has 3 heterocycles. The van der Waals surface area contributed by atoms with Crippen LogP contribution in [0.4, 0.5) is 0 Å². The first-order valence-corrected chi connectivity index (χ1v) is 13.2. The number of rotatable bonds is 3. The summed E-state index contributed by atoms with van der Waals surface area (Å²) in [7, 11) is -1.64. The van der Waals surface area contributed by atoms with Gasteiger partial charge in [0.05, 0.1) is 18.2 Å². The summed E-state index contributed by atoms with van der Waals surface area (Å²) in [4.78, 5) is 1.81. The molecule has 1 radical (unpaired) electrons. The smallest absolute Gasteiger partial charge is 0.377 e. The zero-order chi connectivity index (χ0) is 18.6. The second-order valence-corrected chi connectivity index (χ2v) is 11.5. The normalized spacial score (nSPS) is 15.0. The molecule has 16 heteroatoms. The standard InChI is InChI=1S/C9HBBr9N6/c11-1-4(14)20-23(7(1)17)10(24-8(18)2(12)5(15)21-24)25-9(19)3(13)6(16)22-25/h10H. The first-order chi connectivity index (χ1) is 11.6. The van der Waals surface area contributed by atoms with Gasteiger partial charge in [0.15, 0.2) is 5.10 Å². The number of hydrazone groups is 1. The zero-order valence-corrected chi connectivity index (χ0v) is 25.6. The lowest BCUT2D eigenvalue weighted by Gasteiger charge is -2.29. The Morgan fingerprint density at radius 3 is 1.44 bits per heavy atom. The van der Waals surface area contributed by atoms with E-state index in [1.165, 1.54) is 0 Å².